The molecule has 4 nitrogen and oxygen atoms in total. The van der Waals surface area contributed by atoms with Crippen molar-refractivity contribution in [3.05, 3.63) is 24.3 Å². The van der Waals surface area contributed by atoms with Crippen molar-refractivity contribution < 1.29 is 9.53 Å². The Balaban J connectivity index is 2.58. The van der Waals surface area contributed by atoms with E-state index in [0.717, 1.165) is 11.4 Å². The van der Waals surface area contributed by atoms with E-state index < -0.39 is 0 Å². The van der Waals surface area contributed by atoms with Crippen LogP contribution in [0.1, 0.15) is 0 Å². The molecule has 0 saturated heterocycles. The minimum absolute atomic E-state index is 0.574. The predicted octanol–water partition coefficient (Wildman–Crippen LogP) is 0.768. The average molecular weight is 166 g/mol. The van der Waals surface area contributed by atoms with Crippen LogP contribution in [0.15, 0.2) is 24.3 Å². The van der Waals surface area contributed by atoms with E-state index in [0.29, 0.717) is 6.41 Å². The van der Waals surface area contributed by atoms with Crippen LogP contribution in [0.5, 0.6) is 5.75 Å². The number of ether oxygens (including phenoxy) is 1. The molecule has 1 rings (SSSR count). The monoisotopic (exact) mass is 166 g/mol. The van der Waals surface area contributed by atoms with E-state index in [9.17, 15) is 4.79 Å². The third-order valence-corrected chi connectivity index (χ3v) is 1.37. The lowest BCUT2D eigenvalue weighted by atomic mass is 10.3. The van der Waals surface area contributed by atoms with Crippen molar-refractivity contribution in [2.45, 2.75) is 0 Å². The molecule has 4 heteroatoms. The first-order valence-corrected chi connectivity index (χ1v) is 3.46. The Labute approximate surface area is 70.5 Å². The topological polar surface area (TPSA) is 50.4 Å². The second-order valence-corrected chi connectivity index (χ2v) is 2.12. The van der Waals surface area contributed by atoms with Crippen molar-refractivity contribution in [2.24, 2.45) is 0 Å². The molecule has 0 saturated carbocycles. The number of methoxy groups -OCH3 is 1. The molecule has 0 spiro atoms. The third-order valence-electron chi connectivity index (χ3n) is 1.37. The molecule has 0 aromatic heterocycles. The maximum absolute atomic E-state index is 9.90. The molecule has 0 bridgehead atoms. The number of benzene rings is 1. The Morgan fingerprint density at radius 2 is 2.00 bits per heavy atom. The first kappa shape index (κ1) is 8.39. The van der Waals surface area contributed by atoms with Crippen molar-refractivity contribution in [2.75, 3.05) is 12.5 Å². The van der Waals surface area contributed by atoms with Gasteiger partial charge in [-0.25, -0.2) is 0 Å². The SMILES string of the molecule is COc1ccc(NNC=O)cc1. The van der Waals surface area contributed by atoms with E-state index in [1.54, 1.807) is 31.4 Å². The normalized spacial score (nSPS) is 8.75. The molecule has 0 radical (unpaired) electrons. The lowest BCUT2D eigenvalue weighted by Crippen LogP contribution is -2.18. The maximum Gasteiger partial charge on any atom is 0.225 e. The highest BCUT2D eigenvalue weighted by Gasteiger charge is 1.90. The summed E-state index contributed by atoms with van der Waals surface area (Å²) >= 11 is 0. The van der Waals surface area contributed by atoms with Gasteiger partial charge < -0.3 is 4.74 Å². The molecule has 0 fully saturated rings. The summed E-state index contributed by atoms with van der Waals surface area (Å²) in [6.07, 6.45) is 0.574. The largest absolute Gasteiger partial charge is 0.497 e. The highest BCUT2D eigenvalue weighted by atomic mass is 16.5. The van der Waals surface area contributed by atoms with Gasteiger partial charge in [-0.3, -0.25) is 15.6 Å². The predicted molar refractivity (Wildman–Crippen MR) is 45.8 cm³/mol. The van der Waals surface area contributed by atoms with Crippen LogP contribution < -0.4 is 15.6 Å². The van der Waals surface area contributed by atoms with Gasteiger partial charge in [0.25, 0.3) is 0 Å². The molecule has 1 amide bonds. The Kier molecular flexibility index (Phi) is 2.95. The summed E-state index contributed by atoms with van der Waals surface area (Å²) in [6, 6.07) is 7.20. The summed E-state index contributed by atoms with van der Waals surface area (Å²) < 4.78 is 4.96. The first-order valence-electron chi connectivity index (χ1n) is 3.46. The Morgan fingerprint density at radius 1 is 1.33 bits per heavy atom. The number of carbonyl (C=O) groups is 1. The van der Waals surface area contributed by atoms with E-state index in [1.165, 1.54) is 0 Å². The number of hydrogen-bond acceptors (Lipinski definition) is 3. The van der Waals surface area contributed by atoms with Crippen molar-refractivity contribution in [3.8, 4) is 5.75 Å². The van der Waals surface area contributed by atoms with E-state index in [-0.39, 0.29) is 0 Å². The van der Waals surface area contributed by atoms with Gasteiger partial charge in [0, 0.05) is 0 Å². The lowest BCUT2D eigenvalue weighted by molar-refractivity contribution is -0.109. The van der Waals surface area contributed by atoms with Crippen molar-refractivity contribution in [1.29, 1.82) is 0 Å². The van der Waals surface area contributed by atoms with Gasteiger partial charge in [0.05, 0.1) is 12.8 Å². The standard InChI is InChI=1S/C8H10N2O2/c1-12-8-4-2-7(3-5-8)10-9-6-11/h2-6,10H,1H3,(H,9,11). The quantitative estimate of drug-likeness (QED) is 0.513. The molecule has 0 heterocycles. The summed E-state index contributed by atoms with van der Waals surface area (Å²) in [6.45, 7) is 0. The van der Waals surface area contributed by atoms with Crippen LogP contribution in [0, 0.1) is 0 Å². The molecule has 2 N–H and O–H groups in total. The van der Waals surface area contributed by atoms with Gasteiger partial charge >= 0.3 is 0 Å². The summed E-state index contributed by atoms with van der Waals surface area (Å²) in [5.41, 5.74) is 5.81. The van der Waals surface area contributed by atoms with Gasteiger partial charge in [0.15, 0.2) is 0 Å². The minimum atomic E-state index is 0.574. The van der Waals surface area contributed by atoms with Crippen LogP contribution in [0.2, 0.25) is 0 Å². The minimum Gasteiger partial charge on any atom is -0.497 e. The number of carbonyl (C=O) groups excluding carboxylic acids is 1. The molecule has 1 aromatic carbocycles. The lowest BCUT2D eigenvalue weighted by Gasteiger charge is -2.04. The average Bonchev–Trinajstić information content (AvgIpc) is 2.15. The van der Waals surface area contributed by atoms with E-state index >= 15 is 0 Å². The number of rotatable bonds is 4. The number of nitrogens with one attached hydrogen (secondary N) is 2. The molecule has 64 valence electrons. The molecule has 0 aliphatic heterocycles. The summed E-state index contributed by atoms with van der Waals surface area (Å²) in [7, 11) is 1.60. The summed E-state index contributed by atoms with van der Waals surface area (Å²) in [4.78, 5) is 9.90. The fourth-order valence-corrected chi connectivity index (χ4v) is 0.787. The van der Waals surface area contributed by atoms with Gasteiger partial charge in [-0.1, -0.05) is 0 Å². The van der Waals surface area contributed by atoms with Crippen LogP contribution in [-0.2, 0) is 4.79 Å². The maximum atomic E-state index is 9.90. The van der Waals surface area contributed by atoms with Crippen LogP contribution in [0.4, 0.5) is 5.69 Å². The molecule has 12 heavy (non-hydrogen) atoms. The molecular weight excluding hydrogens is 156 g/mol. The van der Waals surface area contributed by atoms with E-state index in [4.69, 9.17) is 4.74 Å². The Hall–Kier alpha value is -1.71. The van der Waals surface area contributed by atoms with Crippen LogP contribution in [0.25, 0.3) is 0 Å². The van der Waals surface area contributed by atoms with Gasteiger partial charge in [-0.05, 0) is 24.3 Å². The molecule has 0 unspecified atom stereocenters. The fraction of sp³-hybridized carbons (Fsp3) is 0.125. The number of anilines is 1. The first-order chi connectivity index (χ1) is 5.86. The molecule has 0 atom stereocenters. The van der Waals surface area contributed by atoms with Crippen molar-refractivity contribution in [3.63, 3.8) is 0 Å². The highest BCUT2D eigenvalue weighted by Crippen LogP contribution is 2.13. The smallest absolute Gasteiger partial charge is 0.225 e. The zero-order valence-electron chi connectivity index (χ0n) is 6.70. The fourth-order valence-electron chi connectivity index (χ4n) is 0.787. The molecular formula is C8H10N2O2. The van der Waals surface area contributed by atoms with Crippen LogP contribution in [0.3, 0.4) is 0 Å². The Morgan fingerprint density at radius 3 is 2.50 bits per heavy atom. The second-order valence-electron chi connectivity index (χ2n) is 2.12. The van der Waals surface area contributed by atoms with Gasteiger partial charge in [0.1, 0.15) is 5.75 Å². The summed E-state index contributed by atoms with van der Waals surface area (Å²) in [5.74, 6) is 0.784. The molecule has 0 aliphatic carbocycles. The number of amides is 1. The number of hydrogen-bond donors (Lipinski definition) is 2. The zero-order chi connectivity index (χ0) is 8.81. The van der Waals surface area contributed by atoms with E-state index in [2.05, 4.69) is 10.9 Å². The van der Waals surface area contributed by atoms with E-state index in [1.807, 2.05) is 0 Å². The highest BCUT2D eigenvalue weighted by molar-refractivity contribution is 5.53. The molecule has 1 aromatic rings. The summed E-state index contributed by atoms with van der Waals surface area (Å²) in [5, 5.41) is 0. The van der Waals surface area contributed by atoms with Gasteiger partial charge in [-0.15, -0.1) is 0 Å². The van der Waals surface area contributed by atoms with Crippen molar-refractivity contribution >= 4 is 12.1 Å². The van der Waals surface area contributed by atoms with Crippen molar-refractivity contribution in [1.82, 2.24) is 5.43 Å². The van der Waals surface area contributed by atoms with Gasteiger partial charge in [0.2, 0.25) is 6.41 Å². The molecule has 0 aliphatic rings. The second kappa shape index (κ2) is 4.23. The van der Waals surface area contributed by atoms with Crippen LogP contribution in [-0.4, -0.2) is 13.5 Å². The van der Waals surface area contributed by atoms with Gasteiger partial charge in [-0.2, -0.15) is 0 Å². The Bertz CT molecular complexity index is 246. The number of hydrazine groups is 1. The zero-order valence-corrected chi connectivity index (χ0v) is 6.70. The van der Waals surface area contributed by atoms with Crippen LogP contribution >= 0.6 is 0 Å². The third kappa shape index (κ3) is 2.16.